The molecule has 3 nitrogen and oxygen atoms in total. The van der Waals surface area contributed by atoms with Gasteiger partial charge in [-0.25, -0.2) is 0 Å². The summed E-state index contributed by atoms with van der Waals surface area (Å²) in [5.41, 5.74) is 7.95. The second kappa shape index (κ2) is 7.59. The molecule has 3 N–H and O–H groups in total. The summed E-state index contributed by atoms with van der Waals surface area (Å²) in [6.45, 7) is 2.02. The van der Waals surface area contributed by atoms with Crippen LogP contribution >= 0.6 is 22.9 Å². The van der Waals surface area contributed by atoms with Gasteiger partial charge in [-0.1, -0.05) is 37.1 Å². The Hall–Kier alpha value is -1.36. The van der Waals surface area contributed by atoms with Crippen molar-refractivity contribution in [2.75, 3.05) is 0 Å². The normalized spacial score (nSPS) is 13.7. The molecule has 1 aromatic heterocycles. The number of thiophene rings is 1. The standard InChI is InChI=1S/C16H19ClN2OS/c1-2-3-14(18)16(20)19-15(12-8-9-21-10-12)11-4-6-13(17)7-5-11/h4-10,14-15H,2-3,18H2,1H3,(H,19,20). The van der Waals surface area contributed by atoms with E-state index in [1.54, 1.807) is 11.3 Å². The Bertz CT molecular complexity index is 568. The van der Waals surface area contributed by atoms with Crippen molar-refractivity contribution in [2.45, 2.75) is 31.8 Å². The highest BCUT2D eigenvalue weighted by Gasteiger charge is 2.20. The topological polar surface area (TPSA) is 55.1 Å². The minimum atomic E-state index is -0.469. The second-order valence-corrected chi connectivity index (χ2v) is 6.16. The van der Waals surface area contributed by atoms with Gasteiger partial charge in [-0.15, -0.1) is 0 Å². The minimum Gasteiger partial charge on any atom is -0.344 e. The molecule has 1 heterocycles. The van der Waals surface area contributed by atoms with E-state index in [0.29, 0.717) is 11.4 Å². The van der Waals surface area contributed by atoms with E-state index < -0.39 is 6.04 Å². The second-order valence-electron chi connectivity index (χ2n) is 4.95. The lowest BCUT2D eigenvalue weighted by atomic mass is 10.0. The summed E-state index contributed by atoms with van der Waals surface area (Å²) in [7, 11) is 0. The molecule has 0 saturated carbocycles. The lowest BCUT2D eigenvalue weighted by Gasteiger charge is -2.21. The van der Waals surface area contributed by atoms with E-state index in [9.17, 15) is 4.79 Å². The SMILES string of the molecule is CCCC(N)C(=O)NC(c1ccc(Cl)cc1)c1ccsc1. The van der Waals surface area contributed by atoms with Gasteiger partial charge in [-0.2, -0.15) is 11.3 Å². The zero-order valence-electron chi connectivity index (χ0n) is 11.9. The summed E-state index contributed by atoms with van der Waals surface area (Å²) in [5, 5.41) is 7.75. The van der Waals surface area contributed by atoms with Crippen LogP contribution in [0, 0.1) is 0 Å². The van der Waals surface area contributed by atoms with Gasteiger partial charge in [0.2, 0.25) is 5.91 Å². The number of nitrogens with two attached hydrogens (primary N) is 1. The molecule has 0 saturated heterocycles. The Morgan fingerprint density at radius 3 is 2.57 bits per heavy atom. The van der Waals surface area contributed by atoms with Crippen LogP contribution in [0.25, 0.3) is 0 Å². The molecule has 0 aliphatic heterocycles. The van der Waals surface area contributed by atoms with Gasteiger partial charge in [-0.05, 0) is 46.5 Å². The van der Waals surface area contributed by atoms with E-state index in [4.69, 9.17) is 17.3 Å². The molecule has 2 atom stereocenters. The largest absolute Gasteiger partial charge is 0.344 e. The molecule has 1 aromatic carbocycles. The summed E-state index contributed by atoms with van der Waals surface area (Å²) in [6.07, 6.45) is 1.57. The predicted molar refractivity (Wildman–Crippen MR) is 88.6 cm³/mol. The van der Waals surface area contributed by atoms with E-state index in [-0.39, 0.29) is 11.9 Å². The summed E-state index contributed by atoms with van der Waals surface area (Å²) >= 11 is 7.54. The van der Waals surface area contributed by atoms with Gasteiger partial charge in [0.05, 0.1) is 12.1 Å². The molecule has 0 bridgehead atoms. The molecule has 2 unspecified atom stereocenters. The average molecular weight is 323 g/mol. The highest BCUT2D eigenvalue weighted by atomic mass is 35.5. The van der Waals surface area contributed by atoms with Crippen molar-refractivity contribution in [1.82, 2.24) is 5.32 Å². The molecule has 21 heavy (non-hydrogen) atoms. The van der Waals surface area contributed by atoms with Crippen molar-refractivity contribution in [3.8, 4) is 0 Å². The van der Waals surface area contributed by atoms with E-state index in [2.05, 4.69) is 5.32 Å². The van der Waals surface area contributed by atoms with E-state index in [0.717, 1.165) is 17.5 Å². The summed E-state index contributed by atoms with van der Waals surface area (Å²) in [5.74, 6) is -0.122. The number of rotatable bonds is 6. The van der Waals surface area contributed by atoms with Gasteiger partial charge in [0.1, 0.15) is 0 Å². The van der Waals surface area contributed by atoms with Gasteiger partial charge in [0, 0.05) is 5.02 Å². The minimum absolute atomic E-state index is 0.122. The monoisotopic (exact) mass is 322 g/mol. The first-order chi connectivity index (χ1) is 10.1. The first kappa shape index (κ1) is 16.0. The van der Waals surface area contributed by atoms with Gasteiger partial charge < -0.3 is 11.1 Å². The number of nitrogens with one attached hydrogen (secondary N) is 1. The number of halogens is 1. The van der Waals surface area contributed by atoms with E-state index in [1.807, 2.05) is 48.0 Å². The number of carbonyl (C=O) groups is 1. The fourth-order valence-corrected chi connectivity index (χ4v) is 2.96. The highest BCUT2D eigenvalue weighted by molar-refractivity contribution is 7.08. The molecular weight excluding hydrogens is 304 g/mol. The Morgan fingerprint density at radius 2 is 2.00 bits per heavy atom. The molecule has 0 fully saturated rings. The smallest absolute Gasteiger partial charge is 0.237 e. The predicted octanol–water partition coefficient (Wildman–Crippen LogP) is 3.73. The van der Waals surface area contributed by atoms with Crippen LogP contribution in [0.3, 0.4) is 0 Å². The molecule has 5 heteroatoms. The Balaban J connectivity index is 2.21. The number of amides is 1. The number of carbonyl (C=O) groups excluding carboxylic acids is 1. The van der Waals surface area contributed by atoms with Gasteiger partial charge in [-0.3, -0.25) is 4.79 Å². The third kappa shape index (κ3) is 4.30. The fraction of sp³-hybridized carbons (Fsp3) is 0.312. The van der Waals surface area contributed by atoms with Gasteiger partial charge in [0.15, 0.2) is 0 Å². The number of hydrogen-bond donors (Lipinski definition) is 2. The molecule has 1 amide bonds. The van der Waals surface area contributed by atoms with Crippen molar-refractivity contribution >= 4 is 28.8 Å². The third-order valence-electron chi connectivity index (χ3n) is 3.30. The van der Waals surface area contributed by atoms with Crippen molar-refractivity contribution in [1.29, 1.82) is 0 Å². The molecule has 0 aliphatic rings. The molecular formula is C16H19ClN2OS. The highest BCUT2D eigenvalue weighted by Crippen LogP contribution is 2.25. The zero-order chi connectivity index (χ0) is 15.2. The maximum absolute atomic E-state index is 12.2. The summed E-state index contributed by atoms with van der Waals surface area (Å²) < 4.78 is 0. The van der Waals surface area contributed by atoms with Gasteiger partial charge >= 0.3 is 0 Å². The van der Waals surface area contributed by atoms with Crippen molar-refractivity contribution in [2.24, 2.45) is 5.73 Å². The Labute approximate surface area is 134 Å². The van der Waals surface area contributed by atoms with Crippen LogP contribution in [0.4, 0.5) is 0 Å². The van der Waals surface area contributed by atoms with Crippen LogP contribution < -0.4 is 11.1 Å². The van der Waals surface area contributed by atoms with Crippen LogP contribution in [-0.4, -0.2) is 11.9 Å². The van der Waals surface area contributed by atoms with Crippen LogP contribution in [-0.2, 0) is 4.79 Å². The molecule has 0 radical (unpaired) electrons. The van der Waals surface area contributed by atoms with Crippen molar-refractivity contribution in [3.63, 3.8) is 0 Å². The van der Waals surface area contributed by atoms with E-state index in [1.165, 1.54) is 0 Å². The third-order valence-corrected chi connectivity index (χ3v) is 4.26. The lowest BCUT2D eigenvalue weighted by Crippen LogP contribution is -2.42. The van der Waals surface area contributed by atoms with Crippen molar-refractivity contribution < 1.29 is 4.79 Å². The van der Waals surface area contributed by atoms with Crippen LogP contribution in [0.15, 0.2) is 41.1 Å². The average Bonchev–Trinajstić information content (AvgIpc) is 3.00. The van der Waals surface area contributed by atoms with Crippen LogP contribution in [0.1, 0.15) is 36.9 Å². The number of hydrogen-bond acceptors (Lipinski definition) is 3. The quantitative estimate of drug-likeness (QED) is 0.851. The molecule has 2 rings (SSSR count). The summed E-state index contributed by atoms with van der Waals surface area (Å²) in [6, 6.07) is 8.86. The zero-order valence-corrected chi connectivity index (χ0v) is 13.5. The molecule has 0 spiro atoms. The Kier molecular flexibility index (Phi) is 5.79. The first-order valence-electron chi connectivity index (χ1n) is 6.95. The van der Waals surface area contributed by atoms with Crippen LogP contribution in [0.5, 0.6) is 0 Å². The summed E-state index contributed by atoms with van der Waals surface area (Å²) in [4.78, 5) is 12.2. The number of benzene rings is 1. The first-order valence-corrected chi connectivity index (χ1v) is 8.27. The maximum atomic E-state index is 12.2. The lowest BCUT2D eigenvalue weighted by molar-refractivity contribution is -0.123. The fourth-order valence-electron chi connectivity index (χ4n) is 2.14. The molecule has 2 aromatic rings. The molecule has 0 aliphatic carbocycles. The van der Waals surface area contributed by atoms with Gasteiger partial charge in [0.25, 0.3) is 0 Å². The van der Waals surface area contributed by atoms with Crippen LogP contribution in [0.2, 0.25) is 5.02 Å². The van der Waals surface area contributed by atoms with E-state index >= 15 is 0 Å². The Morgan fingerprint density at radius 1 is 1.29 bits per heavy atom. The van der Waals surface area contributed by atoms with Crippen molar-refractivity contribution in [3.05, 3.63) is 57.2 Å². The maximum Gasteiger partial charge on any atom is 0.237 e. The molecule has 112 valence electrons.